The second kappa shape index (κ2) is 8.20. The van der Waals surface area contributed by atoms with Crippen LogP contribution in [0.5, 0.6) is 11.5 Å². The smallest absolute Gasteiger partial charge is 0.344 e. The second-order valence-corrected chi connectivity index (χ2v) is 5.40. The van der Waals surface area contributed by atoms with E-state index in [0.29, 0.717) is 35.1 Å². The summed E-state index contributed by atoms with van der Waals surface area (Å²) in [6.07, 6.45) is 0. The maximum atomic E-state index is 11.6. The van der Waals surface area contributed by atoms with Gasteiger partial charge in [-0.3, -0.25) is 0 Å². The molecule has 0 amide bonds. The van der Waals surface area contributed by atoms with E-state index < -0.39 is 5.97 Å². The fraction of sp³-hybridized carbons (Fsp3) is 0.200. The molecule has 0 aliphatic carbocycles. The van der Waals surface area contributed by atoms with E-state index in [0.717, 1.165) is 5.56 Å². The normalized spacial score (nSPS) is 10.4. The van der Waals surface area contributed by atoms with Crippen LogP contribution in [0.4, 0.5) is 0 Å². The lowest BCUT2D eigenvalue weighted by molar-refractivity contribution is -0.145. The van der Waals surface area contributed by atoms with Gasteiger partial charge >= 0.3 is 5.97 Å². The number of rotatable bonds is 7. The average molecular weight is 353 g/mol. The molecule has 0 atom stereocenters. The number of esters is 1. The van der Waals surface area contributed by atoms with E-state index in [2.05, 4.69) is 5.16 Å². The SMILES string of the molecule is CCOC(=O)COc1cc(OC)ccc1-c1cc(-c2ccccc2)no1. The topological polar surface area (TPSA) is 70.8 Å². The number of ether oxygens (including phenoxy) is 3. The predicted molar refractivity (Wildman–Crippen MR) is 96.1 cm³/mol. The molecular formula is C20H19NO5. The van der Waals surface area contributed by atoms with Gasteiger partial charge in [-0.15, -0.1) is 0 Å². The van der Waals surface area contributed by atoms with Gasteiger partial charge in [0.15, 0.2) is 12.4 Å². The van der Waals surface area contributed by atoms with Gasteiger partial charge in [0.25, 0.3) is 0 Å². The van der Waals surface area contributed by atoms with E-state index in [4.69, 9.17) is 18.7 Å². The number of nitrogens with zero attached hydrogens (tertiary/aromatic N) is 1. The molecule has 0 fully saturated rings. The van der Waals surface area contributed by atoms with E-state index in [1.54, 1.807) is 32.2 Å². The van der Waals surface area contributed by atoms with Crippen LogP contribution >= 0.6 is 0 Å². The van der Waals surface area contributed by atoms with Crippen molar-refractivity contribution in [3.63, 3.8) is 0 Å². The van der Waals surface area contributed by atoms with Gasteiger partial charge in [0, 0.05) is 17.7 Å². The Morgan fingerprint density at radius 2 is 1.92 bits per heavy atom. The van der Waals surface area contributed by atoms with Crippen LogP contribution in [0.25, 0.3) is 22.6 Å². The highest BCUT2D eigenvalue weighted by atomic mass is 16.6. The first kappa shape index (κ1) is 17.5. The number of aromatic nitrogens is 1. The van der Waals surface area contributed by atoms with Crippen molar-refractivity contribution in [2.75, 3.05) is 20.3 Å². The van der Waals surface area contributed by atoms with Crippen LogP contribution in [-0.4, -0.2) is 31.4 Å². The minimum Gasteiger partial charge on any atom is -0.497 e. The molecule has 6 heteroatoms. The molecular weight excluding hydrogens is 334 g/mol. The molecule has 0 saturated heterocycles. The van der Waals surface area contributed by atoms with Gasteiger partial charge in [-0.05, 0) is 19.1 Å². The van der Waals surface area contributed by atoms with Crippen LogP contribution in [-0.2, 0) is 9.53 Å². The Labute approximate surface area is 151 Å². The monoisotopic (exact) mass is 353 g/mol. The zero-order valence-electron chi connectivity index (χ0n) is 14.6. The van der Waals surface area contributed by atoms with Crippen molar-refractivity contribution in [3.05, 3.63) is 54.6 Å². The Bertz CT molecular complexity index is 873. The maximum Gasteiger partial charge on any atom is 0.344 e. The summed E-state index contributed by atoms with van der Waals surface area (Å²) in [5, 5.41) is 4.12. The van der Waals surface area contributed by atoms with Gasteiger partial charge in [0.05, 0.1) is 19.3 Å². The fourth-order valence-corrected chi connectivity index (χ4v) is 2.44. The van der Waals surface area contributed by atoms with Crippen LogP contribution in [0.15, 0.2) is 59.1 Å². The van der Waals surface area contributed by atoms with Crippen molar-refractivity contribution in [1.29, 1.82) is 0 Å². The van der Waals surface area contributed by atoms with Gasteiger partial charge in [0.2, 0.25) is 0 Å². The molecule has 0 N–H and O–H groups in total. The fourth-order valence-electron chi connectivity index (χ4n) is 2.44. The molecule has 2 aromatic carbocycles. The molecule has 1 heterocycles. The van der Waals surface area contributed by atoms with Crippen LogP contribution < -0.4 is 9.47 Å². The third-order valence-corrected chi connectivity index (χ3v) is 3.68. The molecule has 6 nitrogen and oxygen atoms in total. The zero-order valence-corrected chi connectivity index (χ0v) is 14.6. The number of carbonyl (C=O) groups is 1. The molecule has 0 aliphatic rings. The molecule has 0 saturated carbocycles. The summed E-state index contributed by atoms with van der Waals surface area (Å²) in [7, 11) is 1.56. The van der Waals surface area contributed by atoms with Crippen molar-refractivity contribution in [2.45, 2.75) is 6.92 Å². The minimum atomic E-state index is -0.441. The molecule has 134 valence electrons. The Kier molecular flexibility index (Phi) is 5.53. The summed E-state index contributed by atoms with van der Waals surface area (Å²) in [6.45, 7) is 1.85. The number of methoxy groups -OCH3 is 1. The summed E-state index contributed by atoms with van der Waals surface area (Å²) in [5.41, 5.74) is 2.34. The van der Waals surface area contributed by atoms with E-state index in [1.807, 2.05) is 36.4 Å². The van der Waals surface area contributed by atoms with Crippen molar-refractivity contribution >= 4 is 5.97 Å². The minimum absolute atomic E-state index is 0.201. The highest BCUT2D eigenvalue weighted by molar-refractivity contribution is 5.74. The number of hydrogen-bond acceptors (Lipinski definition) is 6. The second-order valence-electron chi connectivity index (χ2n) is 5.40. The van der Waals surface area contributed by atoms with Crippen LogP contribution in [0, 0.1) is 0 Å². The summed E-state index contributed by atoms with van der Waals surface area (Å²) in [5.74, 6) is 1.15. The van der Waals surface area contributed by atoms with Gasteiger partial charge in [-0.1, -0.05) is 35.5 Å². The van der Waals surface area contributed by atoms with E-state index in [-0.39, 0.29) is 6.61 Å². The van der Waals surface area contributed by atoms with Gasteiger partial charge < -0.3 is 18.7 Å². The first-order valence-electron chi connectivity index (χ1n) is 8.20. The van der Waals surface area contributed by atoms with Crippen LogP contribution in [0.2, 0.25) is 0 Å². The maximum absolute atomic E-state index is 11.6. The number of benzene rings is 2. The van der Waals surface area contributed by atoms with Crippen molar-refractivity contribution in [2.24, 2.45) is 0 Å². The molecule has 0 aliphatic heterocycles. The highest BCUT2D eigenvalue weighted by Gasteiger charge is 2.16. The molecule has 1 aromatic heterocycles. The average Bonchev–Trinajstić information content (AvgIpc) is 3.17. The molecule has 0 radical (unpaired) electrons. The third kappa shape index (κ3) is 4.03. The summed E-state index contributed by atoms with van der Waals surface area (Å²) in [6, 6.07) is 16.8. The highest BCUT2D eigenvalue weighted by Crippen LogP contribution is 2.35. The lowest BCUT2D eigenvalue weighted by atomic mass is 10.1. The van der Waals surface area contributed by atoms with Gasteiger partial charge in [0.1, 0.15) is 17.2 Å². The number of carbonyl (C=O) groups excluding carboxylic acids is 1. The first-order valence-corrected chi connectivity index (χ1v) is 8.20. The molecule has 0 spiro atoms. The van der Waals surface area contributed by atoms with Gasteiger partial charge in [-0.2, -0.15) is 0 Å². The number of hydrogen-bond donors (Lipinski definition) is 0. The lowest BCUT2D eigenvalue weighted by Crippen LogP contribution is -2.14. The quantitative estimate of drug-likeness (QED) is 0.599. The van der Waals surface area contributed by atoms with Crippen molar-refractivity contribution in [3.8, 4) is 34.1 Å². The van der Waals surface area contributed by atoms with Crippen LogP contribution in [0.1, 0.15) is 6.92 Å². The zero-order chi connectivity index (χ0) is 18.4. The van der Waals surface area contributed by atoms with E-state index >= 15 is 0 Å². The third-order valence-electron chi connectivity index (χ3n) is 3.68. The Morgan fingerprint density at radius 1 is 1.12 bits per heavy atom. The molecule has 26 heavy (non-hydrogen) atoms. The Morgan fingerprint density at radius 3 is 2.65 bits per heavy atom. The summed E-state index contributed by atoms with van der Waals surface area (Å²) < 4.78 is 21.2. The Hall–Kier alpha value is -3.28. The standard InChI is InChI=1S/C20H19NO5/c1-3-24-20(22)13-25-18-11-15(23-2)9-10-16(18)19-12-17(21-26-19)14-7-5-4-6-8-14/h4-12H,3,13H2,1-2H3. The van der Waals surface area contributed by atoms with Crippen molar-refractivity contribution < 1.29 is 23.5 Å². The molecule has 3 rings (SSSR count). The van der Waals surface area contributed by atoms with E-state index in [1.165, 1.54) is 0 Å². The van der Waals surface area contributed by atoms with Gasteiger partial charge in [-0.25, -0.2) is 4.79 Å². The first-order chi connectivity index (χ1) is 12.7. The summed E-state index contributed by atoms with van der Waals surface area (Å²) >= 11 is 0. The van der Waals surface area contributed by atoms with Crippen molar-refractivity contribution in [1.82, 2.24) is 5.16 Å². The predicted octanol–water partition coefficient (Wildman–Crippen LogP) is 3.96. The molecule has 3 aromatic rings. The van der Waals surface area contributed by atoms with E-state index in [9.17, 15) is 4.79 Å². The molecule has 0 unspecified atom stereocenters. The molecule has 0 bridgehead atoms. The summed E-state index contributed by atoms with van der Waals surface area (Å²) in [4.78, 5) is 11.6. The Balaban J connectivity index is 1.89. The van der Waals surface area contributed by atoms with Crippen LogP contribution in [0.3, 0.4) is 0 Å². The largest absolute Gasteiger partial charge is 0.497 e. The lowest BCUT2D eigenvalue weighted by Gasteiger charge is -2.11.